The molecular formula is C12H18N2. The summed E-state index contributed by atoms with van der Waals surface area (Å²) in [5.74, 6) is 0.216. The molecule has 14 heavy (non-hydrogen) atoms. The molecule has 0 aliphatic carbocycles. The summed E-state index contributed by atoms with van der Waals surface area (Å²) in [6.45, 7) is 6.56. The van der Waals surface area contributed by atoms with Gasteiger partial charge in [-0.05, 0) is 16.5 Å². The highest BCUT2D eigenvalue weighted by Crippen LogP contribution is 2.22. The van der Waals surface area contributed by atoms with Crippen LogP contribution in [-0.2, 0) is 11.8 Å². The van der Waals surface area contributed by atoms with Gasteiger partial charge in [0.15, 0.2) is 0 Å². The van der Waals surface area contributed by atoms with Gasteiger partial charge < -0.3 is 5.73 Å². The molecule has 3 N–H and O–H groups in total. The van der Waals surface area contributed by atoms with Crippen molar-refractivity contribution in [2.75, 3.05) is 0 Å². The summed E-state index contributed by atoms with van der Waals surface area (Å²) in [4.78, 5) is 0. The zero-order valence-electron chi connectivity index (χ0n) is 9.09. The molecule has 0 amide bonds. The van der Waals surface area contributed by atoms with Crippen LogP contribution in [0.1, 0.15) is 31.9 Å². The van der Waals surface area contributed by atoms with Gasteiger partial charge in [-0.3, -0.25) is 5.41 Å². The number of hydrogen-bond acceptors (Lipinski definition) is 1. The predicted molar refractivity (Wildman–Crippen MR) is 60.8 cm³/mol. The minimum absolute atomic E-state index is 0.189. The van der Waals surface area contributed by atoms with Gasteiger partial charge in [-0.25, -0.2) is 0 Å². The normalized spacial score (nSPS) is 11.4. The SMILES string of the molecule is CC(C)(C)c1ccc(CC(=N)N)cc1. The molecule has 1 aromatic carbocycles. The molecule has 2 heteroatoms. The minimum Gasteiger partial charge on any atom is -0.387 e. The van der Waals surface area contributed by atoms with Gasteiger partial charge in [0.25, 0.3) is 0 Å². The van der Waals surface area contributed by atoms with Gasteiger partial charge in [-0.1, -0.05) is 45.0 Å². The van der Waals surface area contributed by atoms with Gasteiger partial charge in [0, 0.05) is 6.42 Å². The molecule has 76 valence electrons. The van der Waals surface area contributed by atoms with Crippen molar-refractivity contribution >= 4 is 5.84 Å². The molecule has 0 fully saturated rings. The topological polar surface area (TPSA) is 49.9 Å². The third-order valence-electron chi connectivity index (χ3n) is 2.21. The fourth-order valence-corrected chi connectivity index (χ4v) is 1.34. The number of rotatable bonds is 2. The van der Waals surface area contributed by atoms with E-state index in [1.165, 1.54) is 5.56 Å². The van der Waals surface area contributed by atoms with Crippen LogP contribution in [0.5, 0.6) is 0 Å². The Morgan fingerprint density at radius 2 is 1.71 bits per heavy atom. The van der Waals surface area contributed by atoms with Crippen molar-refractivity contribution in [3.8, 4) is 0 Å². The van der Waals surface area contributed by atoms with E-state index in [0.29, 0.717) is 6.42 Å². The van der Waals surface area contributed by atoms with E-state index < -0.39 is 0 Å². The average molecular weight is 190 g/mol. The molecular weight excluding hydrogens is 172 g/mol. The number of amidine groups is 1. The highest BCUT2D eigenvalue weighted by Gasteiger charge is 2.12. The Bertz CT molecular complexity index is 317. The van der Waals surface area contributed by atoms with Crippen LogP contribution in [0.2, 0.25) is 0 Å². The van der Waals surface area contributed by atoms with E-state index in [2.05, 4.69) is 32.9 Å². The molecule has 1 aromatic rings. The summed E-state index contributed by atoms with van der Waals surface area (Å²) < 4.78 is 0. The van der Waals surface area contributed by atoms with E-state index in [-0.39, 0.29) is 11.3 Å². The lowest BCUT2D eigenvalue weighted by Gasteiger charge is -2.19. The standard InChI is InChI=1S/C12H18N2/c1-12(2,3)10-6-4-9(5-7-10)8-11(13)14/h4-7H,8H2,1-3H3,(H3,13,14). The number of benzene rings is 1. The van der Waals surface area contributed by atoms with E-state index in [0.717, 1.165) is 5.56 Å². The summed E-state index contributed by atoms with van der Waals surface area (Å²) in [6.07, 6.45) is 0.546. The summed E-state index contributed by atoms with van der Waals surface area (Å²) in [5, 5.41) is 7.19. The smallest absolute Gasteiger partial charge is 0.0950 e. The Morgan fingerprint density at radius 3 is 2.07 bits per heavy atom. The zero-order chi connectivity index (χ0) is 10.8. The molecule has 0 heterocycles. The van der Waals surface area contributed by atoms with Gasteiger partial charge in [0.2, 0.25) is 0 Å². The van der Waals surface area contributed by atoms with Gasteiger partial charge in [-0.2, -0.15) is 0 Å². The summed E-state index contributed by atoms with van der Waals surface area (Å²) in [6, 6.07) is 8.31. The largest absolute Gasteiger partial charge is 0.387 e. The molecule has 0 radical (unpaired) electrons. The molecule has 0 aliphatic heterocycles. The lowest BCUT2D eigenvalue weighted by atomic mass is 9.86. The first kappa shape index (κ1) is 10.8. The molecule has 0 spiro atoms. The lowest BCUT2D eigenvalue weighted by molar-refractivity contribution is 0.590. The van der Waals surface area contributed by atoms with E-state index in [9.17, 15) is 0 Å². The maximum atomic E-state index is 7.19. The first-order chi connectivity index (χ1) is 6.39. The maximum Gasteiger partial charge on any atom is 0.0950 e. The highest BCUT2D eigenvalue weighted by atomic mass is 14.7. The first-order valence-electron chi connectivity index (χ1n) is 4.82. The van der Waals surface area contributed by atoms with Crippen LogP contribution < -0.4 is 5.73 Å². The van der Waals surface area contributed by atoms with E-state index >= 15 is 0 Å². The van der Waals surface area contributed by atoms with Crippen molar-refractivity contribution in [2.24, 2.45) is 5.73 Å². The molecule has 2 nitrogen and oxygen atoms in total. The van der Waals surface area contributed by atoms with Crippen molar-refractivity contribution in [1.29, 1.82) is 5.41 Å². The second kappa shape index (κ2) is 3.82. The minimum atomic E-state index is 0.189. The van der Waals surface area contributed by atoms with E-state index in [1.807, 2.05) is 12.1 Å². The first-order valence-corrected chi connectivity index (χ1v) is 4.82. The van der Waals surface area contributed by atoms with Crippen molar-refractivity contribution in [2.45, 2.75) is 32.6 Å². The molecule has 0 saturated heterocycles. The van der Waals surface area contributed by atoms with Crippen molar-refractivity contribution in [3.63, 3.8) is 0 Å². The molecule has 0 saturated carbocycles. The van der Waals surface area contributed by atoms with Crippen molar-refractivity contribution < 1.29 is 0 Å². The van der Waals surface area contributed by atoms with Crippen molar-refractivity contribution in [3.05, 3.63) is 35.4 Å². The molecule has 1 rings (SSSR count). The van der Waals surface area contributed by atoms with Gasteiger partial charge in [0.1, 0.15) is 0 Å². The van der Waals surface area contributed by atoms with Crippen LogP contribution in [0.3, 0.4) is 0 Å². The van der Waals surface area contributed by atoms with E-state index in [4.69, 9.17) is 11.1 Å². The van der Waals surface area contributed by atoms with Crippen LogP contribution >= 0.6 is 0 Å². The predicted octanol–water partition coefficient (Wildman–Crippen LogP) is 2.46. The summed E-state index contributed by atoms with van der Waals surface area (Å²) in [7, 11) is 0. The highest BCUT2D eigenvalue weighted by molar-refractivity contribution is 5.79. The lowest BCUT2D eigenvalue weighted by Crippen LogP contribution is -2.14. The van der Waals surface area contributed by atoms with Crippen LogP contribution in [0.25, 0.3) is 0 Å². The number of hydrogen-bond donors (Lipinski definition) is 2. The fraction of sp³-hybridized carbons (Fsp3) is 0.417. The molecule has 0 unspecified atom stereocenters. The van der Waals surface area contributed by atoms with E-state index in [1.54, 1.807) is 0 Å². The fourth-order valence-electron chi connectivity index (χ4n) is 1.34. The average Bonchev–Trinajstić information content (AvgIpc) is 2.02. The Morgan fingerprint density at radius 1 is 1.21 bits per heavy atom. The van der Waals surface area contributed by atoms with Crippen LogP contribution in [0.4, 0.5) is 0 Å². The monoisotopic (exact) mass is 190 g/mol. The van der Waals surface area contributed by atoms with Gasteiger partial charge >= 0.3 is 0 Å². The Hall–Kier alpha value is -1.31. The number of nitrogens with one attached hydrogen (secondary N) is 1. The number of nitrogens with two attached hydrogens (primary N) is 1. The van der Waals surface area contributed by atoms with Crippen LogP contribution in [0, 0.1) is 5.41 Å². The van der Waals surface area contributed by atoms with Gasteiger partial charge in [-0.15, -0.1) is 0 Å². The third kappa shape index (κ3) is 2.87. The Kier molecular flexibility index (Phi) is 2.94. The maximum absolute atomic E-state index is 7.19. The van der Waals surface area contributed by atoms with Crippen molar-refractivity contribution in [1.82, 2.24) is 0 Å². The van der Waals surface area contributed by atoms with Crippen LogP contribution in [-0.4, -0.2) is 5.84 Å². The summed E-state index contributed by atoms with van der Waals surface area (Å²) in [5.41, 5.74) is 7.93. The summed E-state index contributed by atoms with van der Waals surface area (Å²) >= 11 is 0. The Balaban J connectivity index is 2.84. The second-order valence-corrected chi connectivity index (χ2v) is 4.65. The molecule has 0 bridgehead atoms. The third-order valence-corrected chi connectivity index (χ3v) is 2.21. The molecule has 0 aromatic heterocycles. The quantitative estimate of drug-likeness (QED) is 0.546. The molecule has 0 aliphatic rings. The Labute approximate surface area is 85.6 Å². The van der Waals surface area contributed by atoms with Gasteiger partial charge in [0.05, 0.1) is 5.84 Å². The second-order valence-electron chi connectivity index (χ2n) is 4.65. The zero-order valence-corrected chi connectivity index (χ0v) is 9.09. The van der Waals surface area contributed by atoms with Crippen LogP contribution in [0.15, 0.2) is 24.3 Å². The molecule has 0 atom stereocenters.